The maximum atomic E-state index is 4.72. The molecule has 7 aromatic carbocycles. The highest BCUT2D eigenvalue weighted by Crippen LogP contribution is 2.56. The van der Waals surface area contributed by atoms with Gasteiger partial charge in [0.05, 0.1) is 11.4 Å². The van der Waals surface area contributed by atoms with Crippen molar-refractivity contribution in [3.63, 3.8) is 0 Å². The van der Waals surface area contributed by atoms with E-state index < -0.39 is 0 Å². The molecule has 1 nitrogen and oxygen atoms in total. The lowest BCUT2D eigenvalue weighted by Crippen LogP contribution is -2.31. The van der Waals surface area contributed by atoms with Crippen LogP contribution in [0, 0.1) is 6.92 Å². The first-order valence-electron chi connectivity index (χ1n) is 22.8. The quantitative estimate of drug-likeness (QED) is 0.114. The van der Waals surface area contributed by atoms with Gasteiger partial charge in [-0.2, -0.15) is 0 Å². The number of aryl methyl sites for hydroxylation is 1. The van der Waals surface area contributed by atoms with Crippen molar-refractivity contribution in [3.05, 3.63) is 254 Å². The maximum Gasteiger partial charge on any atom is 0.0502 e. The van der Waals surface area contributed by atoms with Crippen molar-refractivity contribution in [2.75, 3.05) is 4.90 Å². The molecule has 0 saturated heterocycles. The van der Waals surface area contributed by atoms with Crippen molar-refractivity contribution in [2.24, 2.45) is 0 Å². The molecule has 1 heteroatoms. The minimum absolute atomic E-state index is 0.0204. The van der Waals surface area contributed by atoms with Gasteiger partial charge in [-0.25, -0.2) is 0 Å². The second kappa shape index (κ2) is 15.0. The summed E-state index contributed by atoms with van der Waals surface area (Å²) in [4.78, 5) is 2.35. The first-order valence-corrected chi connectivity index (χ1v) is 22.8. The molecule has 0 N–H and O–H groups in total. The van der Waals surface area contributed by atoms with Crippen LogP contribution in [0.4, 0.5) is 11.4 Å². The fourth-order valence-corrected chi connectivity index (χ4v) is 11.7. The summed E-state index contributed by atoms with van der Waals surface area (Å²) in [6, 6.07) is 57.2. The zero-order chi connectivity index (χ0) is 43.0. The van der Waals surface area contributed by atoms with Crippen molar-refractivity contribution < 1.29 is 0 Å². The van der Waals surface area contributed by atoms with Crippen molar-refractivity contribution in [1.29, 1.82) is 0 Å². The van der Waals surface area contributed by atoms with E-state index in [1.54, 1.807) is 0 Å². The monoisotopic (exact) mass is 813 g/mol. The van der Waals surface area contributed by atoms with E-state index in [1.165, 1.54) is 106 Å². The van der Waals surface area contributed by atoms with Crippen LogP contribution in [-0.2, 0) is 36.5 Å². The van der Waals surface area contributed by atoms with Gasteiger partial charge in [-0.15, -0.1) is 0 Å². The molecule has 1 aliphatic heterocycles. The number of rotatable bonds is 7. The van der Waals surface area contributed by atoms with Crippen molar-refractivity contribution in [1.82, 2.24) is 0 Å². The average molecular weight is 814 g/mol. The molecule has 0 fully saturated rings. The molecule has 308 valence electrons. The molecule has 11 rings (SSSR count). The Bertz CT molecular complexity index is 3000. The van der Waals surface area contributed by atoms with Crippen LogP contribution in [-0.4, -0.2) is 0 Å². The van der Waals surface area contributed by atoms with Crippen LogP contribution in [0.5, 0.6) is 0 Å². The summed E-state index contributed by atoms with van der Waals surface area (Å²) < 4.78 is 0. The Morgan fingerprint density at radius 3 is 1.71 bits per heavy atom. The van der Waals surface area contributed by atoms with E-state index in [1.807, 2.05) is 0 Å². The fourth-order valence-electron chi connectivity index (χ4n) is 11.7. The molecule has 1 spiro atoms. The Balaban J connectivity index is 0.950. The summed E-state index contributed by atoms with van der Waals surface area (Å²) in [5.41, 5.74) is 26.6. The minimum Gasteiger partial charge on any atom is -0.310 e. The predicted molar refractivity (Wildman–Crippen MR) is 267 cm³/mol. The Labute approximate surface area is 374 Å². The van der Waals surface area contributed by atoms with Crippen molar-refractivity contribution >= 4 is 29.1 Å². The number of fused-ring (bicyclic) bond motifs is 9. The largest absolute Gasteiger partial charge is 0.310 e. The zero-order valence-corrected chi connectivity index (χ0v) is 37.3. The smallest absolute Gasteiger partial charge is 0.0502 e. The highest BCUT2D eigenvalue weighted by atomic mass is 15.2. The van der Waals surface area contributed by atoms with Gasteiger partial charge in [0.25, 0.3) is 0 Å². The van der Waals surface area contributed by atoms with Crippen LogP contribution in [0.25, 0.3) is 28.9 Å². The van der Waals surface area contributed by atoms with E-state index in [4.69, 9.17) is 6.58 Å². The van der Waals surface area contributed by atoms with Gasteiger partial charge in [0.1, 0.15) is 0 Å². The minimum atomic E-state index is -0.112. The fraction of sp³-hybridized carbons (Fsp3) is 0.194. The van der Waals surface area contributed by atoms with Crippen LogP contribution < -0.4 is 4.90 Å². The maximum absolute atomic E-state index is 4.72. The van der Waals surface area contributed by atoms with E-state index in [-0.39, 0.29) is 10.8 Å². The molecule has 0 aromatic heterocycles. The molecule has 3 aliphatic carbocycles. The zero-order valence-electron chi connectivity index (χ0n) is 37.3. The number of nitrogens with zero attached hydrogens (tertiary/aromatic N) is 1. The average Bonchev–Trinajstić information content (AvgIpc) is 3.98. The van der Waals surface area contributed by atoms with Gasteiger partial charge in [0.15, 0.2) is 0 Å². The van der Waals surface area contributed by atoms with Gasteiger partial charge in [-0.1, -0.05) is 189 Å². The van der Waals surface area contributed by atoms with Crippen LogP contribution >= 0.6 is 0 Å². The van der Waals surface area contributed by atoms with Crippen molar-refractivity contribution in [2.45, 2.75) is 77.0 Å². The topological polar surface area (TPSA) is 3.24 Å². The Morgan fingerprint density at radius 2 is 1.10 bits per heavy atom. The first-order chi connectivity index (χ1) is 30.6. The SMILES string of the molecule is C=C(/C=C\C(=C(C)C)c1ccc(/C=C/c2ccc3c(c2)C2(Cc4ccccc4C2)c2cc(C)ccc2-3)cc1C1Cc2ccccc2C1)N1c2ccccc2C(C)(C)c2ccccc21. The molecule has 0 amide bonds. The summed E-state index contributed by atoms with van der Waals surface area (Å²) >= 11 is 0. The molecular formula is C62H55N. The summed E-state index contributed by atoms with van der Waals surface area (Å²) in [5, 5.41) is 0. The van der Waals surface area contributed by atoms with E-state index in [0.29, 0.717) is 5.92 Å². The highest BCUT2D eigenvalue weighted by Gasteiger charge is 2.47. The third-order valence-electron chi connectivity index (χ3n) is 14.9. The molecule has 7 aromatic rings. The molecule has 0 unspecified atom stereocenters. The normalized spacial score (nSPS) is 16.2. The lowest BCUT2D eigenvalue weighted by atomic mass is 9.73. The number of hydrogen-bond donors (Lipinski definition) is 0. The lowest BCUT2D eigenvalue weighted by molar-refractivity contribution is 0.563. The molecular weight excluding hydrogens is 759 g/mol. The van der Waals surface area contributed by atoms with Gasteiger partial charge in [-0.3, -0.25) is 0 Å². The molecule has 0 saturated carbocycles. The highest BCUT2D eigenvalue weighted by molar-refractivity contribution is 5.87. The van der Waals surface area contributed by atoms with Crippen LogP contribution in [0.15, 0.2) is 182 Å². The summed E-state index contributed by atoms with van der Waals surface area (Å²) in [5.74, 6) is 0.394. The number of para-hydroxylation sites is 2. The second-order valence-corrected chi connectivity index (χ2v) is 19.3. The number of benzene rings is 7. The second-order valence-electron chi connectivity index (χ2n) is 19.3. The third kappa shape index (κ3) is 6.43. The first kappa shape index (κ1) is 39.2. The summed E-state index contributed by atoms with van der Waals surface area (Å²) in [7, 11) is 0. The standard InChI is InChI=1S/C62H55N/c1-40(2)50(30-24-42(4)63-59-21-13-11-19-55(59)61(5,6)56-20-12-14-22-60(56)63)51-31-27-43(34-54(51)49-36-45-15-7-8-16-46(45)37-49)25-26-44-28-32-53-52-29-23-41(3)33-57(52)62(58(53)35-44)38-47-17-9-10-18-48(47)39-62/h7-35,49H,4,36-39H2,1-3,5-6H3/b26-25+,30-24-. The Morgan fingerprint density at radius 1 is 0.571 bits per heavy atom. The Hall–Kier alpha value is -6.70. The molecule has 0 radical (unpaired) electrons. The molecule has 1 heterocycles. The Kier molecular flexibility index (Phi) is 9.32. The van der Waals surface area contributed by atoms with Gasteiger partial charge in [0, 0.05) is 16.5 Å². The number of hydrogen-bond acceptors (Lipinski definition) is 1. The van der Waals surface area contributed by atoms with Gasteiger partial charge in [0.2, 0.25) is 0 Å². The van der Waals surface area contributed by atoms with E-state index in [2.05, 4.69) is 215 Å². The van der Waals surface area contributed by atoms with E-state index >= 15 is 0 Å². The van der Waals surface area contributed by atoms with E-state index in [9.17, 15) is 0 Å². The van der Waals surface area contributed by atoms with Gasteiger partial charge < -0.3 is 4.90 Å². The van der Waals surface area contributed by atoms with Gasteiger partial charge in [-0.05, 0) is 154 Å². The van der Waals surface area contributed by atoms with E-state index in [0.717, 1.165) is 31.4 Å². The van der Waals surface area contributed by atoms with Crippen LogP contribution in [0.1, 0.15) is 106 Å². The molecule has 4 aliphatic rings. The van der Waals surface area contributed by atoms with Crippen LogP contribution in [0.2, 0.25) is 0 Å². The molecule has 0 bridgehead atoms. The van der Waals surface area contributed by atoms with Crippen molar-refractivity contribution in [3.8, 4) is 11.1 Å². The van der Waals surface area contributed by atoms with Gasteiger partial charge >= 0.3 is 0 Å². The summed E-state index contributed by atoms with van der Waals surface area (Å²) in [6.07, 6.45) is 13.4. The third-order valence-corrected chi connectivity index (χ3v) is 14.9. The number of allylic oxidation sites excluding steroid dienone is 4. The molecule has 63 heavy (non-hydrogen) atoms. The number of anilines is 2. The molecule has 0 atom stereocenters. The predicted octanol–water partition coefficient (Wildman–Crippen LogP) is 15.5. The van der Waals surface area contributed by atoms with Crippen LogP contribution in [0.3, 0.4) is 0 Å². The summed E-state index contributed by atoms with van der Waals surface area (Å²) in [6.45, 7) is 16.1. The lowest BCUT2D eigenvalue weighted by Gasteiger charge is -2.42.